The molecule has 1 aromatic heterocycles. The Hall–Kier alpha value is -2.47. The van der Waals surface area contributed by atoms with Crippen LogP contribution in [-0.2, 0) is 0 Å². The maximum absolute atomic E-state index is 13.5. The van der Waals surface area contributed by atoms with Crippen molar-refractivity contribution in [3.63, 3.8) is 0 Å². The number of ether oxygens (including phenoxy) is 1. The SMILES string of the molecule is COc1cccc([C@@H]2CN(C(=O)c3cncnc3C)[C@@H]3C4CCN(CC4)[C@@H]32)c1. The van der Waals surface area contributed by atoms with Gasteiger partial charge in [-0.05, 0) is 56.5 Å². The van der Waals surface area contributed by atoms with Gasteiger partial charge in [0.05, 0.1) is 24.4 Å². The van der Waals surface area contributed by atoms with Crippen LogP contribution >= 0.6 is 0 Å². The summed E-state index contributed by atoms with van der Waals surface area (Å²) in [5.41, 5.74) is 2.64. The predicted octanol–water partition coefficient (Wildman–Crippen LogP) is 2.50. The number of nitrogens with zero attached hydrogens (tertiary/aromatic N) is 4. The third-order valence-electron chi connectivity index (χ3n) is 6.92. The van der Waals surface area contributed by atoms with Crippen LogP contribution in [0.2, 0.25) is 0 Å². The number of piperidine rings is 3. The smallest absolute Gasteiger partial charge is 0.257 e. The molecule has 146 valence electrons. The van der Waals surface area contributed by atoms with Gasteiger partial charge in [-0.25, -0.2) is 9.97 Å². The number of benzene rings is 1. The van der Waals surface area contributed by atoms with E-state index in [1.165, 1.54) is 24.7 Å². The number of carbonyl (C=O) groups is 1. The number of likely N-dealkylation sites (tertiary alicyclic amines) is 1. The summed E-state index contributed by atoms with van der Waals surface area (Å²) in [4.78, 5) is 26.6. The van der Waals surface area contributed by atoms with Crippen molar-refractivity contribution in [1.82, 2.24) is 19.8 Å². The Morgan fingerprint density at radius 1 is 1.21 bits per heavy atom. The first kappa shape index (κ1) is 17.6. The van der Waals surface area contributed by atoms with Crippen molar-refractivity contribution in [3.05, 3.63) is 53.6 Å². The average molecular weight is 378 g/mol. The van der Waals surface area contributed by atoms with Gasteiger partial charge in [0.25, 0.3) is 5.91 Å². The summed E-state index contributed by atoms with van der Waals surface area (Å²) in [5, 5.41) is 0. The van der Waals surface area contributed by atoms with Crippen LogP contribution in [0.1, 0.15) is 40.4 Å². The fourth-order valence-corrected chi connectivity index (χ4v) is 5.58. The summed E-state index contributed by atoms with van der Waals surface area (Å²) in [5.74, 6) is 1.84. The highest BCUT2D eigenvalue weighted by atomic mass is 16.5. The maximum Gasteiger partial charge on any atom is 0.257 e. The van der Waals surface area contributed by atoms with Crippen LogP contribution in [-0.4, -0.2) is 64.5 Å². The van der Waals surface area contributed by atoms with Gasteiger partial charge in [0.2, 0.25) is 0 Å². The van der Waals surface area contributed by atoms with Crippen molar-refractivity contribution >= 4 is 5.91 Å². The van der Waals surface area contributed by atoms with E-state index in [1.54, 1.807) is 13.3 Å². The molecule has 4 saturated heterocycles. The average Bonchev–Trinajstić information content (AvgIpc) is 3.17. The number of fused-ring (bicyclic) bond motifs is 2. The topological polar surface area (TPSA) is 58.6 Å². The Morgan fingerprint density at radius 2 is 2.04 bits per heavy atom. The Balaban J connectivity index is 1.54. The van der Waals surface area contributed by atoms with E-state index in [9.17, 15) is 4.79 Å². The summed E-state index contributed by atoms with van der Waals surface area (Å²) < 4.78 is 5.46. The molecule has 1 aromatic carbocycles. The molecular formula is C22H26N4O2. The Bertz CT molecular complexity index is 894. The van der Waals surface area contributed by atoms with Crippen LogP contribution in [0.25, 0.3) is 0 Å². The highest BCUT2D eigenvalue weighted by Gasteiger charge is 2.54. The molecule has 28 heavy (non-hydrogen) atoms. The molecule has 6 rings (SSSR count). The number of rotatable bonds is 3. The molecule has 2 bridgehead atoms. The van der Waals surface area contributed by atoms with E-state index in [-0.39, 0.29) is 11.9 Å². The first-order valence-corrected chi connectivity index (χ1v) is 10.1. The molecule has 4 aliphatic rings. The zero-order valence-corrected chi connectivity index (χ0v) is 16.4. The van der Waals surface area contributed by atoms with Crippen molar-refractivity contribution in [2.24, 2.45) is 5.92 Å². The minimum absolute atomic E-state index is 0.0762. The van der Waals surface area contributed by atoms with Gasteiger partial charge in [-0.15, -0.1) is 0 Å². The van der Waals surface area contributed by atoms with Crippen LogP contribution in [0, 0.1) is 12.8 Å². The molecule has 5 heterocycles. The first-order valence-electron chi connectivity index (χ1n) is 10.1. The Morgan fingerprint density at radius 3 is 2.79 bits per heavy atom. The summed E-state index contributed by atoms with van der Waals surface area (Å²) in [7, 11) is 1.71. The van der Waals surface area contributed by atoms with Crippen LogP contribution in [0.5, 0.6) is 5.75 Å². The lowest BCUT2D eigenvalue weighted by Crippen LogP contribution is -2.60. The van der Waals surface area contributed by atoms with E-state index in [0.717, 1.165) is 31.1 Å². The fraction of sp³-hybridized carbons (Fsp3) is 0.500. The van der Waals surface area contributed by atoms with Crippen molar-refractivity contribution in [1.29, 1.82) is 0 Å². The summed E-state index contributed by atoms with van der Waals surface area (Å²) >= 11 is 0. The summed E-state index contributed by atoms with van der Waals surface area (Å²) in [6, 6.07) is 9.00. The number of carbonyl (C=O) groups excluding carboxylic acids is 1. The molecule has 6 heteroatoms. The quantitative estimate of drug-likeness (QED) is 0.821. The molecule has 0 aliphatic carbocycles. The van der Waals surface area contributed by atoms with E-state index in [1.807, 2.05) is 13.0 Å². The van der Waals surface area contributed by atoms with Gasteiger partial charge >= 0.3 is 0 Å². The van der Waals surface area contributed by atoms with E-state index >= 15 is 0 Å². The second kappa shape index (κ2) is 6.85. The maximum atomic E-state index is 13.5. The highest BCUT2D eigenvalue weighted by molar-refractivity contribution is 5.95. The van der Waals surface area contributed by atoms with E-state index < -0.39 is 0 Å². The minimum Gasteiger partial charge on any atom is -0.497 e. The largest absolute Gasteiger partial charge is 0.497 e. The number of methoxy groups -OCH3 is 1. The Labute approximate surface area is 165 Å². The van der Waals surface area contributed by atoms with Gasteiger partial charge in [-0.1, -0.05) is 12.1 Å². The second-order valence-corrected chi connectivity index (χ2v) is 8.22. The third kappa shape index (κ3) is 2.70. The lowest BCUT2D eigenvalue weighted by molar-refractivity contribution is -0.00346. The summed E-state index contributed by atoms with van der Waals surface area (Å²) in [6.45, 7) is 4.91. The molecule has 0 unspecified atom stereocenters. The molecule has 0 radical (unpaired) electrons. The number of aromatic nitrogens is 2. The zero-order valence-electron chi connectivity index (χ0n) is 16.4. The molecule has 6 nitrogen and oxygen atoms in total. The monoisotopic (exact) mass is 378 g/mol. The fourth-order valence-electron chi connectivity index (χ4n) is 5.58. The number of hydrogen-bond donors (Lipinski definition) is 0. The van der Waals surface area contributed by atoms with E-state index in [2.05, 4.69) is 38.0 Å². The van der Waals surface area contributed by atoms with Crippen LogP contribution in [0.15, 0.2) is 36.8 Å². The van der Waals surface area contributed by atoms with Gasteiger partial charge in [0.15, 0.2) is 0 Å². The van der Waals surface area contributed by atoms with Gasteiger partial charge in [0, 0.05) is 24.7 Å². The van der Waals surface area contributed by atoms with E-state index in [0.29, 0.717) is 23.4 Å². The van der Waals surface area contributed by atoms with Crippen molar-refractivity contribution in [2.45, 2.75) is 37.8 Å². The highest BCUT2D eigenvalue weighted by Crippen LogP contribution is 2.47. The lowest BCUT2D eigenvalue weighted by Gasteiger charge is -2.51. The molecule has 3 atom stereocenters. The number of hydrogen-bond acceptors (Lipinski definition) is 5. The van der Waals surface area contributed by atoms with Crippen molar-refractivity contribution in [2.75, 3.05) is 26.7 Å². The molecule has 0 N–H and O–H groups in total. The molecule has 2 aromatic rings. The molecule has 1 amide bonds. The van der Waals surface area contributed by atoms with Gasteiger partial charge in [-0.2, -0.15) is 0 Å². The van der Waals surface area contributed by atoms with Crippen molar-refractivity contribution < 1.29 is 9.53 Å². The number of aryl methyl sites for hydroxylation is 1. The molecule has 4 aliphatic heterocycles. The van der Waals surface area contributed by atoms with Gasteiger partial charge in [-0.3, -0.25) is 9.69 Å². The summed E-state index contributed by atoms with van der Waals surface area (Å²) in [6.07, 6.45) is 5.53. The first-order chi connectivity index (χ1) is 13.7. The molecule has 0 spiro atoms. The van der Waals surface area contributed by atoms with Crippen LogP contribution < -0.4 is 4.74 Å². The minimum atomic E-state index is 0.0762. The third-order valence-corrected chi connectivity index (χ3v) is 6.92. The Kier molecular flexibility index (Phi) is 4.31. The van der Waals surface area contributed by atoms with Gasteiger partial charge in [0.1, 0.15) is 12.1 Å². The standard InChI is InChI=1S/C22H26N4O2/c1-14-18(11-23-13-24-14)22(27)26-12-19(16-4-3-5-17(10-16)28-2)21-20(26)15-6-8-25(21)9-7-15/h3-5,10-11,13,15,19-21H,6-9,12H2,1-2H3/t19-,20+,21+/m0/s1. The van der Waals surface area contributed by atoms with Crippen LogP contribution in [0.4, 0.5) is 0 Å². The number of amides is 1. The molecule has 0 saturated carbocycles. The zero-order chi connectivity index (χ0) is 19.3. The van der Waals surface area contributed by atoms with E-state index in [4.69, 9.17) is 4.74 Å². The van der Waals surface area contributed by atoms with Gasteiger partial charge < -0.3 is 9.64 Å². The second-order valence-electron chi connectivity index (χ2n) is 8.22. The normalized spacial score (nSPS) is 30.9. The van der Waals surface area contributed by atoms with Crippen molar-refractivity contribution in [3.8, 4) is 5.75 Å². The predicted molar refractivity (Wildman–Crippen MR) is 105 cm³/mol. The lowest BCUT2D eigenvalue weighted by atomic mass is 9.75. The van der Waals surface area contributed by atoms with Crippen LogP contribution in [0.3, 0.4) is 0 Å². The molecule has 4 fully saturated rings. The molecular weight excluding hydrogens is 352 g/mol.